The van der Waals surface area contributed by atoms with Crippen molar-refractivity contribution in [3.05, 3.63) is 151 Å². The number of halogens is 2. The minimum atomic E-state index is -0.911. The number of carbonyl (C=O) groups is 6. The Kier molecular flexibility index (Phi) is 14.4. The summed E-state index contributed by atoms with van der Waals surface area (Å²) in [5, 5.41) is 20.2. The van der Waals surface area contributed by atoms with Crippen LogP contribution in [-0.4, -0.2) is 140 Å². The number of hydrogen-bond donors (Lipinski definition) is 8. The molecular weight excluding hydrogens is 1080 g/mol. The summed E-state index contributed by atoms with van der Waals surface area (Å²) in [7, 11) is 2.99. The number of nitrogens with two attached hydrogens (primary N) is 1. The molecule has 2 saturated heterocycles. The van der Waals surface area contributed by atoms with Gasteiger partial charge in [-0.1, -0.05) is 41.4 Å². The lowest BCUT2D eigenvalue weighted by Crippen LogP contribution is -2.47. The number of nitrogens with one attached hydrogen (secondary N) is 7. The van der Waals surface area contributed by atoms with Gasteiger partial charge in [0.1, 0.15) is 56.2 Å². The van der Waals surface area contributed by atoms with Crippen LogP contribution in [0.3, 0.4) is 0 Å². The predicted octanol–water partition coefficient (Wildman–Crippen LogP) is 4.56. The zero-order chi connectivity index (χ0) is 54.4. The number of para-hydroxylation sites is 1. The number of benzene rings is 1. The van der Waals surface area contributed by atoms with Crippen LogP contribution in [0, 0.1) is 0 Å². The minimum Gasteiger partial charge on any atom is -0.379 e. The van der Waals surface area contributed by atoms with Crippen molar-refractivity contribution >= 4 is 109 Å². The molecule has 9 aromatic rings. The molecule has 8 aromatic heterocycles. The smallest absolute Gasteiger partial charge is 0.274 e. The van der Waals surface area contributed by atoms with Crippen LogP contribution in [0.15, 0.2) is 96.7 Å². The number of nitrogens with zero attached hydrogens (tertiary/aromatic N) is 9. The molecule has 78 heavy (non-hydrogen) atoms. The molecule has 0 bridgehead atoms. The first-order valence-electron chi connectivity index (χ1n) is 24.6. The van der Waals surface area contributed by atoms with Gasteiger partial charge in [-0.05, 0) is 36.6 Å². The maximum absolute atomic E-state index is 14.5. The van der Waals surface area contributed by atoms with Gasteiger partial charge in [-0.15, -0.1) is 22.7 Å². The summed E-state index contributed by atoms with van der Waals surface area (Å²) in [4.78, 5) is 114. The van der Waals surface area contributed by atoms with Crippen molar-refractivity contribution in [3.63, 3.8) is 0 Å². The van der Waals surface area contributed by atoms with E-state index in [-0.39, 0.29) is 72.5 Å². The van der Waals surface area contributed by atoms with E-state index in [9.17, 15) is 28.8 Å². The average molecular weight is 1130 g/mol. The molecule has 6 atom stereocenters. The molecule has 0 aliphatic carbocycles. The summed E-state index contributed by atoms with van der Waals surface area (Å²) >= 11 is 15.7. The SMILES string of the molecule is CNC(=O)[C@H](Cc1cnc[nH]1)NC(=O)c1csc([C@@H]2C[C@@H](N)CN2C(=O)c2cn3cc(Cl)c(N[C@@H]4C[C@@H](c5nc(C(=O)N[C@@H](Cc6c[nH]c7ccccc67)C(=O)NC)cs5)N(C(=O)c5cn6cc(Cl)ccc6n5)C4)cc3n2)n1. The molecule has 10 heterocycles. The van der Waals surface area contributed by atoms with Gasteiger partial charge in [0, 0.05) is 123 Å². The number of anilines is 1. The fraction of sp³-hybridized carbons (Fsp3) is 0.275. The summed E-state index contributed by atoms with van der Waals surface area (Å²) in [5.74, 6) is -2.65. The highest BCUT2D eigenvalue weighted by molar-refractivity contribution is 7.10. The summed E-state index contributed by atoms with van der Waals surface area (Å²) in [6, 6.07) is 9.06. The number of fused-ring (bicyclic) bond motifs is 3. The Labute approximate surface area is 461 Å². The van der Waals surface area contributed by atoms with Crippen molar-refractivity contribution in [2.45, 2.75) is 61.9 Å². The molecule has 11 rings (SSSR count). The highest BCUT2D eigenvalue weighted by Crippen LogP contribution is 2.39. The van der Waals surface area contributed by atoms with Crippen molar-refractivity contribution in [2.24, 2.45) is 5.73 Å². The highest BCUT2D eigenvalue weighted by atomic mass is 35.5. The normalized spacial score (nSPS) is 18.1. The third-order valence-electron chi connectivity index (χ3n) is 13.8. The molecule has 23 nitrogen and oxygen atoms in total. The van der Waals surface area contributed by atoms with Gasteiger partial charge >= 0.3 is 0 Å². The Morgan fingerprint density at radius 1 is 0.731 bits per heavy atom. The van der Waals surface area contributed by atoms with Crippen molar-refractivity contribution in [3.8, 4) is 0 Å². The minimum absolute atomic E-state index is 0.0865. The van der Waals surface area contributed by atoms with Gasteiger partial charge in [-0.3, -0.25) is 28.8 Å². The van der Waals surface area contributed by atoms with E-state index in [4.69, 9.17) is 38.9 Å². The second-order valence-corrected chi connectivity index (χ2v) is 21.6. The molecule has 2 aliphatic rings. The predicted molar refractivity (Wildman–Crippen MR) is 292 cm³/mol. The van der Waals surface area contributed by atoms with Crippen molar-refractivity contribution < 1.29 is 28.8 Å². The number of hydrogen-bond acceptors (Lipinski definition) is 15. The summed E-state index contributed by atoms with van der Waals surface area (Å²) in [5.41, 5.74) is 10.8. The number of H-pyrrole nitrogens is 2. The number of pyridine rings is 2. The van der Waals surface area contributed by atoms with Gasteiger partial charge in [0.05, 0.1) is 34.1 Å². The van der Waals surface area contributed by atoms with E-state index in [2.05, 4.69) is 51.5 Å². The second-order valence-electron chi connectivity index (χ2n) is 19.0. The number of aromatic amines is 2. The number of carbonyl (C=O) groups excluding carboxylic acids is 6. The number of rotatable bonds is 16. The van der Waals surface area contributed by atoms with E-state index < -0.39 is 47.9 Å². The molecule has 0 saturated carbocycles. The number of likely N-dealkylation sites (tertiary alicyclic amines) is 2. The number of thiazole rings is 2. The monoisotopic (exact) mass is 1130 g/mol. The van der Waals surface area contributed by atoms with Crippen LogP contribution in [0.25, 0.3) is 22.2 Å². The highest BCUT2D eigenvalue weighted by Gasteiger charge is 2.41. The lowest BCUT2D eigenvalue weighted by Gasteiger charge is -2.22. The Bertz CT molecular complexity index is 3780. The molecule has 400 valence electrons. The zero-order valence-electron chi connectivity index (χ0n) is 41.6. The summed E-state index contributed by atoms with van der Waals surface area (Å²) in [6.07, 6.45) is 12.5. The quantitative estimate of drug-likeness (QED) is 0.0659. The Morgan fingerprint density at radius 2 is 1.36 bits per heavy atom. The van der Waals surface area contributed by atoms with Crippen LogP contribution < -0.4 is 32.3 Å². The molecule has 0 unspecified atom stereocenters. The van der Waals surface area contributed by atoms with Crippen LogP contribution in [-0.2, 0) is 22.4 Å². The van der Waals surface area contributed by atoms with Gasteiger partial charge in [0.15, 0.2) is 0 Å². The van der Waals surface area contributed by atoms with E-state index >= 15 is 0 Å². The van der Waals surface area contributed by atoms with Crippen LogP contribution in [0.2, 0.25) is 10.0 Å². The van der Waals surface area contributed by atoms with Gasteiger partial charge in [0.2, 0.25) is 11.8 Å². The fourth-order valence-corrected chi connectivity index (χ4v) is 12.2. The van der Waals surface area contributed by atoms with Gasteiger partial charge < -0.3 is 60.9 Å². The van der Waals surface area contributed by atoms with E-state index in [0.717, 1.165) is 16.5 Å². The molecule has 1 aromatic carbocycles. The van der Waals surface area contributed by atoms with Crippen LogP contribution in [0.4, 0.5) is 5.69 Å². The lowest BCUT2D eigenvalue weighted by molar-refractivity contribution is -0.123. The molecule has 9 N–H and O–H groups in total. The Morgan fingerprint density at radius 3 is 2.03 bits per heavy atom. The topological polar surface area (TPSA) is 300 Å². The first-order chi connectivity index (χ1) is 37.7. The largest absolute Gasteiger partial charge is 0.379 e. The van der Waals surface area contributed by atoms with Crippen LogP contribution in [0.5, 0.6) is 0 Å². The third-order valence-corrected chi connectivity index (χ3v) is 16.2. The van der Waals surface area contributed by atoms with Crippen molar-refractivity contribution in [1.29, 1.82) is 0 Å². The van der Waals surface area contributed by atoms with E-state index in [1.807, 2.05) is 30.5 Å². The van der Waals surface area contributed by atoms with Crippen LogP contribution >= 0.6 is 45.9 Å². The molecular formula is C51H49Cl2N17O6S2. The lowest BCUT2D eigenvalue weighted by atomic mass is 10.0. The molecule has 0 spiro atoms. The van der Waals surface area contributed by atoms with E-state index in [1.54, 1.807) is 78.5 Å². The van der Waals surface area contributed by atoms with Crippen molar-refractivity contribution in [1.82, 2.24) is 74.8 Å². The number of imidazole rings is 3. The van der Waals surface area contributed by atoms with Crippen molar-refractivity contribution in [2.75, 3.05) is 32.5 Å². The standard InChI is InChI=1S/C51H49Cl2N17O6S2/c1-55-44(71)34(9-25-14-58-32-6-4-3-5-30(25)32)63-46(73)38-23-78-49(66-38)41-12-29(18-70(41)51(76)36-20-67-16-26(52)7-8-42(67)61-36)60-33-13-43-62-37(21-68(43)19-31(33)53)50(75)69-17-27(54)10-40(69)48-65-39(22-77-48)47(74)64-35(45(72)56-2)11-28-15-57-24-59-28/h3-8,13-16,19-24,27,29,34-35,40-41,58,60H,9-12,17-18,54H2,1-2H3,(H,55,71)(H,56,72)(H,57,59)(H,63,73)(H,64,74)/t27-,29-,34+,35+,40+,41+/m1/s1. The second kappa shape index (κ2) is 21.7. The van der Waals surface area contributed by atoms with Gasteiger partial charge in [-0.25, -0.2) is 24.9 Å². The third kappa shape index (κ3) is 10.5. The zero-order valence-corrected chi connectivity index (χ0v) is 44.7. The first-order valence-corrected chi connectivity index (χ1v) is 27.2. The Balaban J connectivity index is 0.810. The maximum atomic E-state index is 14.5. The number of aromatic nitrogens is 9. The maximum Gasteiger partial charge on any atom is 0.274 e. The fourth-order valence-electron chi connectivity index (χ4n) is 9.99. The van der Waals surface area contributed by atoms with E-state index in [1.165, 1.54) is 43.1 Å². The molecule has 2 aliphatic heterocycles. The van der Waals surface area contributed by atoms with Gasteiger partial charge in [-0.2, -0.15) is 0 Å². The van der Waals surface area contributed by atoms with E-state index in [0.29, 0.717) is 55.6 Å². The van der Waals surface area contributed by atoms with Crippen LogP contribution in [0.1, 0.15) is 88.2 Å². The summed E-state index contributed by atoms with van der Waals surface area (Å²) in [6.45, 7) is 0.391. The molecule has 2 fully saturated rings. The average Bonchev–Trinajstić information content (AvgIpc) is 4.35. The van der Waals surface area contributed by atoms with Gasteiger partial charge in [0.25, 0.3) is 23.6 Å². The first kappa shape index (κ1) is 51.9. The number of likely N-dealkylation sites (N-methyl/N-ethyl adjacent to an activating group) is 2. The molecule has 6 amide bonds. The Hall–Kier alpha value is -8.23. The number of amides is 6. The summed E-state index contributed by atoms with van der Waals surface area (Å²) < 4.78 is 3.32. The molecule has 0 radical (unpaired) electrons. The molecule has 27 heteroatoms.